The van der Waals surface area contributed by atoms with E-state index >= 15 is 0 Å². The highest BCUT2D eigenvalue weighted by Gasteiger charge is 2.39. The number of hydrogen-bond donors (Lipinski definition) is 5. The molecule has 1 unspecified atom stereocenters. The number of carbonyl (C=O) groups excluding carboxylic acids is 3. The second-order valence-electron chi connectivity index (χ2n) is 5.34. The molecule has 1 saturated heterocycles. The van der Waals surface area contributed by atoms with E-state index in [9.17, 15) is 14.4 Å². The normalized spacial score (nSPS) is 19.3. The first-order valence-electron chi connectivity index (χ1n) is 7.24. The van der Waals surface area contributed by atoms with Gasteiger partial charge in [-0.2, -0.15) is 0 Å². The Morgan fingerprint density at radius 1 is 1.35 bits per heavy atom. The number of rotatable bonds is 9. The third kappa shape index (κ3) is 6.51. The summed E-state index contributed by atoms with van der Waals surface area (Å²) in [4.78, 5) is 35.8. The highest BCUT2D eigenvalue weighted by molar-refractivity contribution is 6.20. The van der Waals surface area contributed by atoms with E-state index in [0.29, 0.717) is 25.9 Å². The minimum absolute atomic E-state index is 0. The van der Waals surface area contributed by atoms with Gasteiger partial charge < -0.3 is 22.1 Å². The van der Waals surface area contributed by atoms with Gasteiger partial charge in [-0.25, -0.2) is 0 Å². The lowest BCUT2D eigenvalue weighted by Gasteiger charge is -2.19. The molecule has 0 aliphatic carbocycles. The van der Waals surface area contributed by atoms with Gasteiger partial charge >= 0.3 is 0 Å². The van der Waals surface area contributed by atoms with Crippen molar-refractivity contribution in [2.45, 2.75) is 37.8 Å². The van der Waals surface area contributed by atoms with Crippen molar-refractivity contribution in [1.82, 2.24) is 16.4 Å². The molecule has 1 aliphatic heterocycles. The van der Waals surface area contributed by atoms with Gasteiger partial charge in [0.05, 0.1) is 12.1 Å². The van der Waals surface area contributed by atoms with Crippen molar-refractivity contribution in [2.24, 2.45) is 17.4 Å². The molecule has 3 atom stereocenters. The molecule has 23 heavy (non-hydrogen) atoms. The quantitative estimate of drug-likeness (QED) is 0.143. The highest BCUT2D eigenvalue weighted by atomic mass is 35.5. The van der Waals surface area contributed by atoms with E-state index in [0.717, 1.165) is 6.42 Å². The minimum Gasteiger partial charge on any atom is -0.370 e. The molecule has 1 fully saturated rings. The van der Waals surface area contributed by atoms with Gasteiger partial charge in [0.15, 0.2) is 23.4 Å². The van der Waals surface area contributed by atoms with E-state index in [1.54, 1.807) is 0 Å². The van der Waals surface area contributed by atoms with Crippen LogP contribution in [0.15, 0.2) is 0 Å². The maximum absolute atomic E-state index is 12.2. The van der Waals surface area contributed by atoms with Gasteiger partial charge in [0.1, 0.15) is 0 Å². The largest absolute Gasteiger partial charge is 0.370 e. The first-order chi connectivity index (χ1) is 10.3. The summed E-state index contributed by atoms with van der Waals surface area (Å²) < 4.78 is 0. The molecule has 1 rings (SSSR count). The smallest absolute Gasteiger partial charge is 0.256 e. The monoisotopic (exact) mass is 347 g/mol. The van der Waals surface area contributed by atoms with Crippen LogP contribution < -0.4 is 27.8 Å². The molecule has 1 heterocycles. The summed E-state index contributed by atoms with van der Waals surface area (Å²) in [5.74, 6) is -4.25. The van der Waals surface area contributed by atoms with Gasteiger partial charge in [-0.15, -0.1) is 12.4 Å². The van der Waals surface area contributed by atoms with Gasteiger partial charge in [0, 0.05) is 6.54 Å². The fourth-order valence-corrected chi connectivity index (χ4v) is 2.43. The van der Waals surface area contributed by atoms with Gasteiger partial charge in [-0.3, -0.25) is 25.5 Å². The number of hydrogen-bond acceptors (Lipinski definition) is 6. The van der Waals surface area contributed by atoms with Crippen molar-refractivity contribution in [3.63, 3.8) is 0 Å². The van der Waals surface area contributed by atoms with Crippen LogP contribution in [0.3, 0.4) is 0 Å². The second-order valence-corrected chi connectivity index (χ2v) is 5.34. The van der Waals surface area contributed by atoms with Crippen molar-refractivity contribution < 1.29 is 14.4 Å². The van der Waals surface area contributed by atoms with Crippen LogP contribution >= 0.6 is 12.4 Å². The van der Waals surface area contributed by atoms with Crippen LogP contribution in [0.4, 0.5) is 0 Å². The number of ketones is 2. The summed E-state index contributed by atoms with van der Waals surface area (Å²) in [7, 11) is 0. The standard InChI is InChI=1S/C13H23N6O3.ClH/c14-7(3-1-6-19-13(16)17)10(20)9(12(15)22)11(21)8-4-2-5-18-8;/h7-9,15,18H,1-6,14H2,(H4,16,17,19);1H/t7-,8+,9?;/m0./s1. The number of nitrogens with one attached hydrogen (secondary N) is 4. The molecule has 1 radical (unpaired) electrons. The number of amides is 1. The van der Waals surface area contributed by atoms with Crippen molar-refractivity contribution in [3.8, 4) is 0 Å². The zero-order valence-electron chi connectivity index (χ0n) is 12.8. The molecule has 1 amide bonds. The summed E-state index contributed by atoms with van der Waals surface area (Å²) >= 11 is 0. The van der Waals surface area contributed by atoms with Crippen LogP contribution in [-0.2, 0) is 14.4 Å². The van der Waals surface area contributed by atoms with Gasteiger partial charge in [0.2, 0.25) is 0 Å². The van der Waals surface area contributed by atoms with Crippen LogP contribution in [0.2, 0.25) is 0 Å². The maximum Gasteiger partial charge on any atom is 0.256 e. The molecule has 1 aliphatic rings. The lowest BCUT2D eigenvalue weighted by Crippen LogP contribution is -2.48. The Labute approximate surface area is 141 Å². The molecule has 131 valence electrons. The van der Waals surface area contributed by atoms with E-state index in [-0.39, 0.29) is 24.8 Å². The third-order valence-corrected chi connectivity index (χ3v) is 3.61. The first-order valence-corrected chi connectivity index (χ1v) is 7.24. The number of Topliss-reactive ketones (excluding diaryl/α,β-unsaturated/α-hetero) is 2. The van der Waals surface area contributed by atoms with E-state index in [4.69, 9.17) is 22.6 Å². The second kappa shape index (κ2) is 10.1. The van der Waals surface area contributed by atoms with E-state index in [1.165, 1.54) is 0 Å². The zero-order valence-corrected chi connectivity index (χ0v) is 13.6. The van der Waals surface area contributed by atoms with E-state index in [2.05, 4.69) is 10.6 Å². The average molecular weight is 348 g/mol. The van der Waals surface area contributed by atoms with Crippen LogP contribution in [0.25, 0.3) is 0 Å². The Bertz CT molecular complexity index is 453. The Kier molecular flexibility index (Phi) is 9.38. The van der Waals surface area contributed by atoms with Crippen molar-refractivity contribution in [3.05, 3.63) is 0 Å². The zero-order chi connectivity index (χ0) is 16.7. The van der Waals surface area contributed by atoms with Crippen LogP contribution in [0, 0.1) is 11.3 Å². The molecule has 9 nitrogen and oxygen atoms in total. The summed E-state index contributed by atoms with van der Waals surface area (Å²) in [5.41, 5.74) is 18.1. The van der Waals surface area contributed by atoms with Crippen LogP contribution in [0.5, 0.6) is 0 Å². The molecular weight excluding hydrogens is 324 g/mol. The Hall–Kier alpha value is -1.71. The Balaban J connectivity index is 0.00000484. The predicted molar refractivity (Wildman–Crippen MR) is 87.0 cm³/mol. The third-order valence-electron chi connectivity index (χ3n) is 3.61. The van der Waals surface area contributed by atoms with Gasteiger partial charge in [-0.1, -0.05) is 0 Å². The molecule has 0 saturated carbocycles. The number of carbonyl (C=O) groups is 3. The molecule has 0 spiro atoms. The Morgan fingerprint density at radius 2 is 2.00 bits per heavy atom. The summed E-state index contributed by atoms with van der Waals surface area (Å²) in [6.45, 7) is 1.03. The number of halogens is 1. The van der Waals surface area contributed by atoms with Crippen molar-refractivity contribution in [1.29, 1.82) is 5.41 Å². The topological polar surface area (TPSA) is 175 Å². The fourth-order valence-electron chi connectivity index (χ4n) is 2.43. The first kappa shape index (κ1) is 21.3. The maximum atomic E-state index is 12.2. The van der Waals surface area contributed by atoms with Gasteiger partial charge in [0.25, 0.3) is 5.91 Å². The van der Waals surface area contributed by atoms with E-state index in [1.807, 2.05) is 0 Å². The predicted octanol–water partition coefficient (Wildman–Crippen LogP) is -1.69. The minimum atomic E-state index is -1.61. The fraction of sp³-hybridized carbons (Fsp3) is 0.692. The molecule has 0 aromatic carbocycles. The highest BCUT2D eigenvalue weighted by Crippen LogP contribution is 2.15. The molecule has 0 aromatic heterocycles. The molecule has 8 N–H and O–H groups in total. The lowest BCUT2D eigenvalue weighted by molar-refractivity contribution is -0.141. The SMILES string of the molecule is Cl.[NH]C(=O)C(C(=O)[C@@H](N)CCCNC(=N)N)C(=O)[C@H]1CCCN1. The summed E-state index contributed by atoms with van der Waals surface area (Å²) in [6, 6.07) is -1.53. The molecule has 0 aromatic rings. The number of guanidine groups is 1. The molecular formula is C13H24ClN6O3. The lowest BCUT2D eigenvalue weighted by atomic mass is 9.88. The van der Waals surface area contributed by atoms with E-state index < -0.39 is 35.5 Å². The average Bonchev–Trinajstić information content (AvgIpc) is 2.96. The van der Waals surface area contributed by atoms with Gasteiger partial charge in [-0.05, 0) is 32.2 Å². The number of nitrogens with two attached hydrogens (primary N) is 2. The van der Waals surface area contributed by atoms with Crippen LogP contribution in [-0.4, -0.2) is 48.6 Å². The Morgan fingerprint density at radius 3 is 2.48 bits per heavy atom. The molecule has 10 heteroatoms. The van der Waals surface area contributed by atoms with Crippen LogP contribution in [0.1, 0.15) is 25.7 Å². The van der Waals surface area contributed by atoms with Crippen molar-refractivity contribution >= 4 is 35.8 Å². The van der Waals surface area contributed by atoms with Crippen molar-refractivity contribution in [2.75, 3.05) is 13.1 Å². The molecule has 0 bridgehead atoms. The summed E-state index contributed by atoms with van der Waals surface area (Å²) in [6.07, 6.45) is 2.06. The summed E-state index contributed by atoms with van der Waals surface area (Å²) in [5, 5.41) is 12.5.